The van der Waals surface area contributed by atoms with Gasteiger partial charge < -0.3 is 10.1 Å². The van der Waals surface area contributed by atoms with Crippen LogP contribution in [0.25, 0.3) is 10.8 Å². The first kappa shape index (κ1) is 17.8. The third-order valence-electron chi connectivity index (χ3n) is 3.89. The summed E-state index contributed by atoms with van der Waals surface area (Å²) in [5, 5.41) is 4.26. The number of alkyl halides is 3. The number of halogens is 3. The Hall–Kier alpha value is -3.02. The number of anilines is 1. The zero-order valence-corrected chi connectivity index (χ0v) is 13.9. The van der Waals surface area contributed by atoms with Crippen molar-refractivity contribution in [1.29, 1.82) is 0 Å². The predicted octanol–water partition coefficient (Wildman–Crippen LogP) is 5.26. The number of carbonyl (C=O) groups excluding carboxylic acids is 1. The Morgan fingerprint density at radius 2 is 1.62 bits per heavy atom. The van der Waals surface area contributed by atoms with Crippen molar-refractivity contribution in [3.05, 3.63) is 72.3 Å². The van der Waals surface area contributed by atoms with Crippen molar-refractivity contribution in [3.8, 4) is 5.75 Å². The van der Waals surface area contributed by atoms with Crippen LogP contribution >= 0.6 is 0 Å². The minimum absolute atomic E-state index is 0.293. The van der Waals surface area contributed by atoms with Gasteiger partial charge in [0.15, 0.2) is 6.10 Å². The molecular formula is C20H16F3NO2. The minimum atomic E-state index is -4.55. The number of rotatable bonds is 4. The average molecular weight is 359 g/mol. The Morgan fingerprint density at radius 1 is 0.962 bits per heavy atom. The molecule has 0 radical (unpaired) electrons. The molecule has 0 heterocycles. The molecule has 0 aliphatic carbocycles. The van der Waals surface area contributed by atoms with E-state index >= 15 is 0 Å². The second kappa shape index (κ2) is 7.07. The number of para-hydroxylation sites is 1. The molecule has 0 aliphatic heterocycles. The van der Waals surface area contributed by atoms with Gasteiger partial charge >= 0.3 is 6.18 Å². The summed E-state index contributed by atoms with van der Waals surface area (Å²) >= 11 is 0. The number of amides is 1. The molecular weight excluding hydrogens is 343 g/mol. The van der Waals surface area contributed by atoms with Crippen molar-refractivity contribution in [2.45, 2.75) is 19.2 Å². The fraction of sp³-hybridized carbons (Fsp3) is 0.150. The summed E-state index contributed by atoms with van der Waals surface area (Å²) in [7, 11) is 0. The van der Waals surface area contributed by atoms with Crippen LogP contribution in [0.5, 0.6) is 5.75 Å². The summed E-state index contributed by atoms with van der Waals surface area (Å²) in [4.78, 5) is 12.3. The number of benzene rings is 3. The number of hydrogen-bond acceptors (Lipinski definition) is 2. The molecule has 3 aromatic rings. The Balaban J connectivity index is 1.74. The highest BCUT2D eigenvalue weighted by Gasteiger charge is 2.34. The van der Waals surface area contributed by atoms with Gasteiger partial charge in [-0.15, -0.1) is 0 Å². The fourth-order valence-corrected chi connectivity index (χ4v) is 2.57. The van der Waals surface area contributed by atoms with E-state index in [0.29, 0.717) is 5.75 Å². The SMILES string of the molecule is CC(Oc1ccc2ccccc2c1)C(=O)Nc1ccccc1C(F)(F)F. The van der Waals surface area contributed by atoms with E-state index in [9.17, 15) is 18.0 Å². The van der Waals surface area contributed by atoms with Crippen LogP contribution in [-0.4, -0.2) is 12.0 Å². The van der Waals surface area contributed by atoms with Gasteiger partial charge in [-0.05, 0) is 42.0 Å². The van der Waals surface area contributed by atoms with E-state index in [4.69, 9.17) is 4.74 Å². The fourth-order valence-electron chi connectivity index (χ4n) is 2.57. The molecule has 0 fully saturated rings. The molecule has 3 rings (SSSR count). The molecule has 1 unspecified atom stereocenters. The van der Waals surface area contributed by atoms with Gasteiger partial charge in [0.1, 0.15) is 5.75 Å². The summed E-state index contributed by atoms with van der Waals surface area (Å²) in [6.45, 7) is 1.49. The topological polar surface area (TPSA) is 38.3 Å². The van der Waals surface area contributed by atoms with Crippen molar-refractivity contribution in [3.63, 3.8) is 0 Å². The van der Waals surface area contributed by atoms with Crippen LogP contribution in [0.3, 0.4) is 0 Å². The first-order chi connectivity index (χ1) is 12.3. The molecule has 3 nitrogen and oxygen atoms in total. The first-order valence-corrected chi connectivity index (χ1v) is 7.97. The Morgan fingerprint density at radius 3 is 2.35 bits per heavy atom. The van der Waals surface area contributed by atoms with E-state index in [1.807, 2.05) is 30.3 Å². The van der Waals surface area contributed by atoms with Crippen molar-refractivity contribution in [1.82, 2.24) is 0 Å². The standard InChI is InChI=1S/C20H16F3NO2/c1-13(26-16-11-10-14-6-2-3-7-15(14)12-16)19(25)24-18-9-5-4-8-17(18)20(21,22)23/h2-13H,1H3,(H,24,25). The van der Waals surface area contributed by atoms with Gasteiger partial charge in [0.05, 0.1) is 11.3 Å². The Kier molecular flexibility index (Phi) is 4.84. The summed E-state index contributed by atoms with van der Waals surface area (Å²) in [5.41, 5.74) is -1.19. The molecule has 26 heavy (non-hydrogen) atoms. The van der Waals surface area contributed by atoms with E-state index in [1.54, 1.807) is 12.1 Å². The van der Waals surface area contributed by atoms with E-state index in [0.717, 1.165) is 16.8 Å². The largest absolute Gasteiger partial charge is 0.481 e. The molecule has 6 heteroatoms. The number of hydrogen-bond donors (Lipinski definition) is 1. The lowest BCUT2D eigenvalue weighted by Gasteiger charge is -2.17. The molecule has 0 bridgehead atoms. The normalized spacial score (nSPS) is 12.6. The zero-order chi connectivity index (χ0) is 18.7. The van der Waals surface area contributed by atoms with E-state index in [1.165, 1.54) is 25.1 Å². The molecule has 1 amide bonds. The van der Waals surface area contributed by atoms with Gasteiger partial charge in [-0.1, -0.05) is 42.5 Å². The number of nitrogens with one attached hydrogen (secondary N) is 1. The number of carbonyl (C=O) groups is 1. The highest BCUT2D eigenvalue weighted by Crippen LogP contribution is 2.34. The van der Waals surface area contributed by atoms with E-state index in [-0.39, 0.29) is 5.69 Å². The summed E-state index contributed by atoms with van der Waals surface area (Å²) in [5.74, 6) is -0.190. The third kappa shape index (κ3) is 3.96. The monoisotopic (exact) mass is 359 g/mol. The molecule has 134 valence electrons. The van der Waals surface area contributed by atoms with Crippen LogP contribution in [-0.2, 0) is 11.0 Å². The van der Waals surface area contributed by atoms with Gasteiger partial charge in [-0.3, -0.25) is 4.79 Å². The van der Waals surface area contributed by atoms with Crippen LogP contribution in [0, 0.1) is 0 Å². The smallest absolute Gasteiger partial charge is 0.418 e. The third-order valence-corrected chi connectivity index (χ3v) is 3.89. The average Bonchev–Trinajstić information content (AvgIpc) is 2.61. The summed E-state index contributed by atoms with van der Waals surface area (Å²) < 4.78 is 44.6. The predicted molar refractivity (Wildman–Crippen MR) is 94.1 cm³/mol. The first-order valence-electron chi connectivity index (χ1n) is 7.97. The second-order valence-electron chi connectivity index (χ2n) is 5.80. The Bertz CT molecular complexity index is 937. The van der Waals surface area contributed by atoms with Crippen molar-refractivity contribution in [2.75, 3.05) is 5.32 Å². The Labute approximate surface area is 148 Å². The second-order valence-corrected chi connectivity index (χ2v) is 5.80. The maximum absolute atomic E-state index is 13.0. The quantitative estimate of drug-likeness (QED) is 0.690. The summed E-state index contributed by atoms with van der Waals surface area (Å²) in [6.07, 6.45) is -5.51. The highest BCUT2D eigenvalue weighted by atomic mass is 19.4. The van der Waals surface area contributed by atoms with Crippen LogP contribution < -0.4 is 10.1 Å². The minimum Gasteiger partial charge on any atom is -0.481 e. The van der Waals surface area contributed by atoms with E-state index < -0.39 is 23.8 Å². The van der Waals surface area contributed by atoms with Gasteiger partial charge in [0.25, 0.3) is 5.91 Å². The molecule has 1 atom stereocenters. The zero-order valence-electron chi connectivity index (χ0n) is 13.9. The summed E-state index contributed by atoms with van der Waals surface area (Å²) in [6, 6.07) is 17.8. The molecule has 0 saturated carbocycles. The lowest BCUT2D eigenvalue weighted by atomic mass is 10.1. The lowest BCUT2D eigenvalue weighted by Crippen LogP contribution is -2.31. The molecule has 3 aromatic carbocycles. The maximum Gasteiger partial charge on any atom is 0.418 e. The van der Waals surface area contributed by atoms with Gasteiger partial charge in [-0.25, -0.2) is 0 Å². The number of ether oxygens (including phenoxy) is 1. The van der Waals surface area contributed by atoms with Crippen molar-refractivity contribution < 1.29 is 22.7 Å². The molecule has 0 aromatic heterocycles. The van der Waals surface area contributed by atoms with Crippen LogP contribution in [0.4, 0.5) is 18.9 Å². The van der Waals surface area contributed by atoms with Gasteiger partial charge in [-0.2, -0.15) is 13.2 Å². The van der Waals surface area contributed by atoms with Crippen LogP contribution in [0.2, 0.25) is 0 Å². The van der Waals surface area contributed by atoms with Crippen LogP contribution in [0.15, 0.2) is 66.7 Å². The number of fused-ring (bicyclic) bond motifs is 1. The van der Waals surface area contributed by atoms with Gasteiger partial charge in [0.2, 0.25) is 0 Å². The van der Waals surface area contributed by atoms with Crippen molar-refractivity contribution >= 4 is 22.4 Å². The molecule has 0 aliphatic rings. The van der Waals surface area contributed by atoms with Crippen molar-refractivity contribution in [2.24, 2.45) is 0 Å². The van der Waals surface area contributed by atoms with Gasteiger partial charge in [0, 0.05) is 0 Å². The molecule has 1 N–H and O–H groups in total. The molecule has 0 saturated heterocycles. The lowest BCUT2D eigenvalue weighted by molar-refractivity contribution is -0.137. The maximum atomic E-state index is 13.0. The highest BCUT2D eigenvalue weighted by molar-refractivity contribution is 5.95. The van der Waals surface area contributed by atoms with E-state index in [2.05, 4.69) is 5.32 Å². The molecule has 0 spiro atoms. The van der Waals surface area contributed by atoms with Crippen LogP contribution in [0.1, 0.15) is 12.5 Å².